The van der Waals surface area contributed by atoms with Gasteiger partial charge in [0.05, 0.1) is 23.8 Å². The molecule has 2 aromatic rings. The molecule has 0 aromatic heterocycles. The van der Waals surface area contributed by atoms with Gasteiger partial charge in [-0.05, 0) is 49.2 Å². The van der Waals surface area contributed by atoms with E-state index in [-0.39, 0.29) is 10.6 Å². The van der Waals surface area contributed by atoms with Crippen LogP contribution in [0.1, 0.15) is 36.2 Å². The second kappa shape index (κ2) is 9.69. The first-order valence-corrected chi connectivity index (χ1v) is 9.48. The number of benzene rings is 2. The molecule has 0 aliphatic carbocycles. The highest BCUT2D eigenvalue weighted by atomic mass is 79.9. The first kappa shape index (κ1) is 20.4. The highest BCUT2D eigenvalue weighted by Gasteiger charge is 2.12. The third kappa shape index (κ3) is 5.29. The van der Waals surface area contributed by atoms with Crippen LogP contribution in [-0.4, -0.2) is 24.3 Å². The summed E-state index contributed by atoms with van der Waals surface area (Å²) in [6.07, 6.45) is 0.916. The van der Waals surface area contributed by atoms with Crippen LogP contribution in [0.4, 0.5) is 5.69 Å². The van der Waals surface area contributed by atoms with E-state index in [1.807, 2.05) is 19.1 Å². The van der Waals surface area contributed by atoms with Gasteiger partial charge in [0.15, 0.2) is 11.5 Å². The van der Waals surface area contributed by atoms with Crippen molar-refractivity contribution in [1.29, 1.82) is 0 Å². The minimum Gasteiger partial charge on any atom is -0.490 e. The molecule has 2 N–H and O–H groups in total. The lowest BCUT2D eigenvalue weighted by atomic mass is 10.1. The van der Waals surface area contributed by atoms with Gasteiger partial charge in [-0.25, -0.2) is 4.79 Å². The standard InChI is InChI=1S/C19H21BrClNO4/c1-3-7-26-18-10-15(20)12(8-17(18)25-4-2)11-22-13-5-6-14(19(23)24)16(21)9-13/h5-6,8-10,22H,3-4,7,11H2,1-2H3,(H,23,24). The number of carboxylic acids is 1. The third-order valence-corrected chi connectivity index (χ3v) is 4.61. The monoisotopic (exact) mass is 441 g/mol. The van der Waals surface area contributed by atoms with Gasteiger partial charge >= 0.3 is 5.97 Å². The largest absolute Gasteiger partial charge is 0.490 e. The van der Waals surface area contributed by atoms with Gasteiger partial charge in [0, 0.05) is 16.7 Å². The third-order valence-electron chi connectivity index (χ3n) is 3.56. The zero-order valence-electron chi connectivity index (χ0n) is 14.6. The minimum atomic E-state index is -1.05. The number of rotatable bonds is 9. The second-order valence-electron chi connectivity index (χ2n) is 5.53. The van der Waals surface area contributed by atoms with Crippen LogP contribution < -0.4 is 14.8 Å². The number of hydrogen-bond donors (Lipinski definition) is 2. The van der Waals surface area contributed by atoms with E-state index in [4.69, 9.17) is 26.2 Å². The van der Waals surface area contributed by atoms with Crippen LogP contribution in [0.5, 0.6) is 11.5 Å². The normalized spacial score (nSPS) is 10.5. The summed E-state index contributed by atoms with van der Waals surface area (Å²) in [6, 6.07) is 8.60. The maximum Gasteiger partial charge on any atom is 0.337 e. The predicted molar refractivity (Wildman–Crippen MR) is 107 cm³/mol. The number of carboxylic acid groups (broad SMARTS) is 1. The number of carbonyl (C=O) groups is 1. The maximum absolute atomic E-state index is 11.0. The van der Waals surface area contributed by atoms with Crippen LogP contribution in [0.3, 0.4) is 0 Å². The second-order valence-corrected chi connectivity index (χ2v) is 6.79. The first-order valence-electron chi connectivity index (χ1n) is 8.31. The van der Waals surface area contributed by atoms with Crippen molar-refractivity contribution in [3.05, 3.63) is 51.0 Å². The average molecular weight is 443 g/mol. The first-order chi connectivity index (χ1) is 12.5. The Morgan fingerprint density at radius 1 is 1.19 bits per heavy atom. The van der Waals surface area contributed by atoms with E-state index < -0.39 is 5.97 Å². The molecule has 0 unspecified atom stereocenters. The molecule has 0 fully saturated rings. The molecule has 0 bridgehead atoms. The van der Waals surface area contributed by atoms with Gasteiger partial charge < -0.3 is 19.9 Å². The van der Waals surface area contributed by atoms with Gasteiger partial charge in [-0.3, -0.25) is 0 Å². The van der Waals surface area contributed by atoms with E-state index in [9.17, 15) is 4.79 Å². The summed E-state index contributed by atoms with van der Waals surface area (Å²) in [5.41, 5.74) is 1.79. The fourth-order valence-corrected chi connectivity index (χ4v) is 3.03. The topological polar surface area (TPSA) is 67.8 Å². The Morgan fingerprint density at radius 2 is 1.92 bits per heavy atom. The van der Waals surface area contributed by atoms with Crippen LogP contribution in [0.15, 0.2) is 34.8 Å². The fraction of sp³-hybridized carbons (Fsp3) is 0.316. The smallest absolute Gasteiger partial charge is 0.337 e. The zero-order chi connectivity index (χ0) is 19.1. The molecule has 7 heteroatoms. The lowest BCUT2D eigenvalue weighted by Crippen LogP contribution is -2.05. The number of hydrogen-bond acceptors (Lipinski definition) is 4. The van der Waals surface area contributed by atoms with Crippen LogP contribution in [0, 0.1) is 0 Å². The summed E-state index contributed by atoms with van der Waals surface area (Å²) >= 11 is 9.57. The van der Waals surface area contributed by atoms with E-state index in [0.29, 0.717) is 31.3 Å². The van der Waals surface area contributed by atoms with Crippen LogP contribution in [0.2, 0.25) is 5.02 Å². The van der Waals surface area contributed by atoms with Crippen molar-refractivity contribution in [2.24, 2.45) is 0 Å². The van der Waals surface area contributed by atoms with Gasteiger partial charge in [-0.1, -0.05) is 34.5 Å². The summed E-state index contributed by atoms with van der Waals surface area (Å²) < 4.78 is 12.3. The molecule has 0 heterocycles. The van der Waals surface area contributed by atoms with Crippen molar-refractivity contribution >= 4 is 39.2 Å². The summed E-state index contributed by atoms with van der Waals surface area (Å²) in [6.45, 7) is 5.66. The van der Waals surface area contributed by atoms with E-state index in [1.165, 1.54) is 6.07 Å². The zero-order valence-corrected chi connectivity index (χ0v) is 17.0. The Morgan fingerprint density at radius 3 is 2.54 bits per heavy atom. The molecular weight excluding hydrogens is 422 g/mol. The molecule has 140 valence electrons. The summed E-state index contributed by atoms with van der Waals surface area (Å²) in [5, 5.41) is 12.5. The number of nitrogens with one attached hydrogen (secondary N) is 1. The lowest BCUT2D eigenvalue weighted by molar-refractivity contribution is 0.0697. The molecule has 0 aliphatic heterocycles. The van der Waals surface area contributed by atoms with E-state index in [2.05, 4.69) is 28.2 Å². The van der Waals surface area contributed by atoms with E-state index >= 15 is 0 Å². The summed E-state index contributed by atoms with van der Waals surface area (Å²) in [7, 11) is 0. The Hall–Kier alpha value is -1.92. The molecule has 0 radical (unpaired) electrons. The van der Waals surface area contributed by atoms with Gasteiger partial charge in [0.1, 0.15) is 0 Å². The van der Waals surface area contributed by atoms with E-state index in [0.717, 1.165) is 22.1 Å². The number of aromatic carboxylic acids is 1. The number of ether oxygens (including phenoxy) is 2. The van der Waals surface area contributed by atoms with Crippen molar-refractivity contribution in [3.63, 3.8) is 0 Å². The summed E-state index contributed by atoms with van der Waals surface area (Å²) in [4.78, 5) is 11.0. The highest BCUT2D eigenvalue weighted by molar-refractivity contribution is 9.10. The molecule has 0 aliphatic rings. The van der Waals surface area contributed by atoms with Crippen molar-refractivity contribution < 1.29 is 19.4 Å². The van der Waals surface area contributed by atoms with Crippen LogP contribution in [0.25, 0.3) is 0 Å². The van der Waals surface area contributed by atoms with E-state index in [1.54, 1.807) is 12.1 Å². The number of halogens is 2. The molecule has 2 rings (SSSR count). The Kier molecular flexibility index (Phi) is 7.60. The molecule has 5 nitrogen and oxygen atoms in total. The molecule has 0 saturated heterocycles. The van der Waals surface area contributed by atoms with Crippen LogP contribution >= 0.6 is 27.5 Å². The minimum absolute atomic E-state index is 0.0782. The molecule has 0 amide bonds. The van der Waals surface area contributed by atoms with Crippen molar-refractivity contribution in [1.82, 2.24) is 0 Å². The Labute approximate surface area is 166 Å². The molecule has 0 spiro atoms. The lowest BCUT2D eigenvalue weighted by Gasteiger charge is -2.15. The van der Waals surface area contributed by atoms with Crippen molar-refractivity contribution in [3.8, 4) is 11.5 Å². The van der Waals surface area contributed by atoms with Gasteiger partial charge in [0.25, 0.3) is 0 Å². The summed E-state index contributed by atoms with van der Waals surface area (Å²) in [5.74, 6) is 0.353. The quantitative estimate of drug-likeness (QED) is 0.529. The predicted octanol–water partition coefficient (Wildman–Crippen LogP) is 5.60. The van der Waals surface area contributed by atoms with Gasteiger partial charge in [0.2, 0.25) is 0 Å². The maximum atomic E-state index is 11.0. The molecule has 0 saturated carbocycles. The Balaban J connectivity index is 2.17. The van der Waals surface area contributed by atoms with Crippen molar-refractivity contribution in [2.45, 2.75) is 26.8 Å². The molecule has 26 heavy (non-hydrogen) atoms. The SMILES string of the molecule is CCCOc1cc(Br)c(CNc2ccc(C(=O)O)c(Cl)c2)cc1OCC. The highest BCUT2D eigenvalue weighted by Crippen LogP contribution is 2.34. The molecule has 2 aromatic carbocycles. The fourth-order valence-electron chi connectivity index (χ4n) is 2.30. The van der Waals surface area contributed by atoms with Crippen molar-refractivity contribution in [2.75, 3.05) is 18.5 Å². The van der Waals surface area contributed by atoms with Crippen LogP contribution in [-0.2, 0) is 6.54 Å². The Bertz CT molecular complexity index is 782. The number of anilines is 1. The van der Waals surface area contributed by atoms with Gasteiger partial charge in [-0.2, -0.15) is 0 Å². The van der Waals surface area contributed by atoms with Gasteiger partial charge in [-0.15, -0.1) is 0 Å². The molecule has 0 atom stereocenters. The molecular formula is C19H21BrClNO4. The average Bonchev–Trinajstić information content (AvgIpc) is 2.60.